The molecule has 9 aromatic carbocycles. The van der Waals surface area contributed by atoms with Gasteiger partial charge in [0.15, 0.2) is 0 Å². The molecule has 0 aliphatic heterocycles. The fourth-order valence-corrected chi connectivity index (χ4v) is 8.33. The van der Waals surface area contributed by atoms with Crippen LogP contribution in [0.3, 0.4) is 0 Å². The molecule has 0 N–H and O–H groups in total. The predicted octanol–water partition coefficient (Wildman–Crippen LogP) is 14.1. The van der Waals surface area contributed by atoms with Gasteiger partial charge in [0.1, 0.15) is 0 Å². The molecule has 0 saturated heterocycles. The summed E-state index contributed by atoms with van der Waals surface area (Å²) in [4.78, 5) is 7.48. The van der Waals surface area contributed by atoms with E-state index >= 15 is 0 Å². The number of para-hydroxylation sites is 2. The quantitative estimate of drug-likeness (QED) is 0.163. The maximum atomic E-state index is 5.15. The van der Waals surface area contributed by atoms with Gasteiger partial charge in [0, 0.05) is 28.1 Å². The Bertz CT molecular complexity index is 3100. The van der Waals surface area contributed by atoms with Crippen LogP contribution in [0.2, 0.25) is 0 Å². The lowest BCUT2D eigenvalue weighted by Crippen LogP contribution is -2.09. The number of hydrogen-bond donors (Lipinski definition) is 0. The molecule has 0 atom stereocenters. The summed E-state index contributed by atoms with van der Waals surface area (Å²) in [6, 6.07) is 78.0. The van der Waals surface area contributed by atoms with Crippen LogP contribution in [0.4, 0.5) is 17.1 Å². The summed E-state index contributed by atoms with van der Waals surface area (Å²) in [6.07, 6.45) is 0. The van der Waals surface area contributed by atoms with E-state index in [1.807, 2.05) is 0 Å². The van der Waals surface area contributed by atoms with Crippen molar-refractivity contribution in [3.05, 3.63) is 218 Å². The van der Waals surface area contributed by atoms with Gasteiger partial charge in [-0.3, -0.25) is 8.97 Å². The molecule has 0 fully saturated rings. The summed E-state index contributed by atoms with van der Waals surface area (Å²) in [6.45, 7) is 0. The molecule has 11 rings (SSSR count). The first-order valence-corrected chi connectivity index (χ1v) is 19.4. The first kappa shape index (κ1) is 32.7. The molecule has 268 valence electrons. The van der Waals surface area contributed by atoms with Crippen molar-refractivity contribution in [3.63, 3.8) is 0 Å². The number of fused-ring (bicyclic) bond motifs is 7. The van der Waals surface area contributed by atoms with Crippen molar-refractivity contribution in [2.24, 2.45) is 0 Å². The minimum Gasteiger partial charge on any atom is -0.311 e. The van der Waals surface area contributed by atoms with Crippen molar-refractivity contribution < 1.29 is 0 Å². The van der Waals surface area contributed by atoms with Gasteiger partial charge in [-0.2, -0.15) is 0 Å². The number of aromatic nitrogens is 3. The van der Waals surface area contributed by atoms with Gasteiger partial charge < -0.3 is 4.90 Å². The Morgan fingerprint density at radius 1 is 0.351 bits per heavy atom. The van der Waals surface area contributed by atoms with E-state index < -0.39 is 0 Å². The smallest absolute Gasteiger partial charge is 0.220 e. The second kappa shape index (κ2) is 13.6. The van der Waals surface area contributed by atoms with Crippen molar-refractivity contribution in [1.29, 1.82) is 0 Å². The van der Waals surface area contributed by atoms with Crippen molar-refractivity contribution in [2.45, 2.75) is 0 Å². The van der Waals surface area contributed by atoms with E-state index in [0.29, 0.717) is 0 Å². The average molecular weight is 729 g/mol. The molecule has 0 bridgehead atoms. The zero-order chi connectivity index (χ0) is 37.7. The van der Waals surface area contributed by atoms with Crippen molar-refractivity contribution in [1.82, 2.24) is 14.0 Å². The van der Waals surface area contributed by atoms with Crippen LogP contribution in [0.25, 0.3) is 77.7 Å². The van der Waals surface area contributed by atoms with Crippen LogP contribution in [0.5, 0.6) is 0 Å². The molecule has 4 nitrogen and oxygen atoms in total. The summed E-state index contributed by atoms with van der Waals surface area (Å²) in [7, 11) is 0. The van der Waals surface area contributed by atoms with Gasteiger partial charge in [0.25, 0.3) is 0 Å². The minimum atomic E-state index is 0.911. The highest BCUT2D eigenvalue weighted by atomic mass is 15.2. The van der Waals surface area contributed by atoms with E-state index in [1.54, 1.807) is 0 Å². The maximum Gasteiger partial charge on any atom is 0.220 e. The van der Waals surface area contributed by atoms with Crippen LogP contribution < -0.4 is 4.90 Å². The Morgan fingerprint density at radius 3 is 1.37 bits per heavy atom. The summed E-state index contributed by atoms with van der Waals surface area (Å²) in [5.41, 5.74) is 15.9. The summed E-state index contributed by atoms with van der Waals surface area (Å²) < 4.78 is 4.61. The number of benzene rings is 9. The molecule has 0 saturated carbocycles. The first-order chi connectivity index (χ1) is 28.3. The molecule has 0 aliphatic rings. The highest BCUT2D eigenvalue weighted by molar-refractivity contribution is 6.08. The van der Waals surface area contributed by atoms with E-state index in [-0.39, 0.29) is 0 Å². The lowest BCUT2D eigenvalue weighted by Gasteiger charge is -2.26. The molecule has 11 aromatic rings. The Labute approximate surface area is 330 Å². The van der Waals surface area contributed by atoms with Crippen molar-refractivity contribution in [3.8, 4) is 39.1 Å². The van der Waals surface area contributed by atoms with Crippen LogP contribution in [0.1, 0.15) is 0 Å². The molecular weight excluding hydrogens is 693 g/mol. The van der Waals surface area contributed by atoms with Crippen LogP contribution in [0.15, 0.2) is 218 Å². The zero-order valence-corrected chi connectivity index (χ0v) is 31.1. The van der Waals surface area contributed by atoms with Gasteiger partial charge in [0.05, 0.1) is 22.1 Å². The lowest BCUT2D eigenvalue weighted by molar-refractivity contribution is 1.11. The Balaban J connectivity index is 0.958. The third kappa shape index (κ3) is 5.66. The molecular formula is C53H36N4. The fourth-order valence-electron chi connectivity index (χ4n) is 8.33. The van der Waals surface area contributed by atoms with Gasteiger partial charge in [-0.1, -0.05) is 152 Å². The molecule has 57 heavy (non-hydrogen) atoms. The van der Waals surface area contributed by atoms with E-state index in [9.17, 15) is 0 Å². The maximum absolute atomic E-state index is 5.15. The highest BCUT2D eigenvalue weighted by Crippen LogP contribution is 2.39. The third-order valence-electron chi connectivity index (χ3n) is 11.1. The number of imidazole rings is 2. The first-order valence-electron chi connectivity index (χ1n) is 19.4. The van der Waals surface area contributed by atoms with Crippen molar-refractivity contribution in [2.75, 3.05) is 4.90 Å². The molecule has 0 amide bonds. The Hall–Kier alpha value is -7.69. The number of anilines is 3. The number of nitrogens with zero attached hydrogens (tertiary/aromatic N) is 4. The predicted molar refractivity (Wildman–Crippen MR) is 238 cm³/mol. The van der Waals surface area contributed by atoms with Crippen LogP contribution in [0, 0.1) is 0 Å². The Kier molecular flexibility index (Phi) is 7.78. The highest BCUT2D eigenvalue weighted by Gasteiger charge is 2.19. The molecule has 0 spiro atoms. The summed E-state index contributed by atoms with van der Waals surface area (Å²) in [5.74, 6) is 0.911. The third-order valence-corrected chi connectivity index (χ3v) is 11.1. The fraction of sp³-hybridized carbons (Fsp3) is 0. The molecule has 2 heterocycles. The summed E-state index contributed by atoms with van der Waals surface area (Å²) in [5, 5.41) is 2.43. The second-order valence-electron chi connectivity index (χ2n) is 14.5. The van der Waals surface area contributed by atoms with Gasteiger partial charge in [-0.15, -0.1) is 0 Å². The number of rotatable bonds is 7. The normalized spacial score (nSPS) is 11.5. The monoisotopic (exact) mass is 728 g/mol. The van der Waals surface area contributed by atoms with Gasteiger partial charge >= 0.3 is 0 Å². The van der Waals surface area contributed by atoms with E-state index in [2.05, 4.69) is 232 Å². The van der Waals surface area contributed by atoms with Crippen LogP contribution in [-0.2, 0) is 0 Å². The minimum absolute atomic E-state index is 0.911. The van der Waals surface area contributed by atoms with Gasteiger partial charge in [-0.05, 0) is 105 Å². The molecule has 0 aliphatic carbocycles. The zero-order valence-electron chi connectivity index (χ0n) is 31.1. The molecule has 0 radical (unpaired) electrons. The lowest BCUT2D eigenvalue weighted by atomic mass is 10.0. The Morgan fingerprint density at radius 2 is 0.807 bits per heavy atom. The van der Waals surface area contributed by atoms with Crippen molar-refractivity contribution >= 4 is 55.7 Å². The average Bonchev–Trinajstić information content (AvgIpc) is 3.83. The van der Waals surface area contributed by atoms with Gasteiger partial charge in [-0.25, -0.2) is 4.98 Å². The largest absolute Gasteiger partial charge is 0.311 e. The van der Waals surface area contributed by atoms with Gasteiger partial charge in [0.2, 0.25) is 5.78 Å². The molecule has 4 heteroatoms. The van der Waals surface area contributed by atoms with Crippen LogP contribution >= 0.6 is 0 Å². The van der Waals surface area contributed by atoms with Crippen LogP contribution in [-0.4, -0.2) is 14.0 Å². The molecule has 0 unspecified atom stereocenters. The topological polar surface area (TPSA) is 25.5 Å². The number of hydrogen-bond acceptors (Lipinski definition) is 2. The van der Waals surface area contributed by atoms with E-state index in [4.69, 9.17) is 4.98 Å². The standard InChI is InChI=1S/C53H36N4/c1-3-11-37(12-4-1)39-19-28-44(29-20-39)55(45-30-21-40(22-31-45)38-13-5-2-6-14-38)46-32-23-41(24-33-46)42-25-34-47(35-26-42)56-51-36-27-43-15-7-8-16-48(43)52(51)57-50-18-10-9-17-49(50)54-53(56)57/h1-36H. The van der Waals surface area contributed by atoms with E-state index in [0.717, 1.165) is 56.2 Å². The summed E-state index contributed by atoms with van der Waals surface area (Å²) >= 11 is 0. The second-order valence-corrected chi connectivity index (χ2v) is 14.5. The SMILES string of the molecule is c1ccc(-c2ccc(N(c3ccc(-c4ccccc4)cc3)c3ccc(-c4ccc(-n5c6ccc7ccccc7c6n6c7ccccc7nc56)cc4)cc3)cc2)cc1. The molecule has 2 aromatic heterocycles. The van der Waals surface area contributed by atoms with E-state index in [1.165, 1.54) is 38.5 Å².